The SMILES string of the molecule is Cc1ccc(OCC(C(=O)O)c2ccc(Cl)s2)cc1. The largest absolute Gasteiger partial charge is 0.492 e. The molecule has 3 nitrogen and oxygen atoms in total. The van der Waals surface area contributed by atoms with Crippen LogP contribution in [0.15, 0.2) is 36.4 Å². The predicted octanol–water partition coefficient (Wildman–Crippen LogP) is 3.96. The fraction of sp³-hybridized carbons (Fsp3) is 0.214. The molecule has 2 rings (SSSR count). The maximum Gasteiger partial charge on any atom is 0.315 e. The quantitative estimate of drug-likeness (QED) is 0.908. The summed E-state index contributed by atoms with van der Waals surface area (Å²) >= 11 is 7.09. The van der Waals surface area contributed by atoms with Gasteiger partial charge in [0.25, 0.3) is 0 Å². The van der Waals surface area contributed by atoms with Crippen molar-refractivity contribution < 1.29 is 14.6 Å². The number of carboxylic acids is 1. The van der Waals surface area contributed by atoms with E-state index < -0.39 is 11.9 Å². The number of hydrogen-bond acceptors (Lipinski definition) is 3. The van der Waals surface area contributed by atoms with E-state index in [0.29, 0.717) is 15.0 Å². The standard InChI is InChI=1S/C14H13ClO3S/c1-9-2-4-10(5-3-9)18-8-11(14(16)17)12-6-7-13(15)19-12/h2-7,11H,8H2,1H3,(H,16,17). The van der Waals surface area contributed by atoms with Crippen LogP contribution in [0.1, 0.15) is 16.4 Å². The molecule has 0 aliphatic rings. The number of aliphatic carboxylic acids is 1. The Labute approximate surface area is 120 Å². The van der Waals surface area contributed by atoms with Gasteiger partial charge in [-0.2, -0.15) is 0 Å². The molecule has 19 heavy (non-hydrogen) atoms. The van der Waals surface area contributed by atoms with E-state index in [1.54, 1.807) is 12.1 Å². The molecule has 5 heteroatoms. The van der Waals surface area contributed by atoms with Crippen LogP contribution in [-0.2, 0) is 4.79 Å². The summed E-state index contributed by atoms with van der Waals surface area (Å²) in [6.07, 6.45) is 0. The highest BCUT2D eigenvalue weighted by atomic mass is 35.5. The highest BCUT2D eigenvalue weighted by molar-refractivity contribution is 7.16. The summed E-state index contributed by atoms with van der Waals surface area (Å²) in [7, 11) is 0. The average molecular weight is 297 g/mol. The first-order chi connectivity index (χ1) is 9.06. The molecule has 1 atom stereocenters. The van der Waals surface area contributed by atoms with Crippen molar-refractivity contribution in [3.63, 3.8) is 0 Å². The van der Waals surface area contributed by atoms with Gasteiger partial charge in [-0.15, -0.1) is 11.3 Å². The smallest absolute Gasteiger partial charge is 0.315 e. The first-order valence-electron chi connectivity index (χ1n) is 5.74. The summed E-state index contributed by atoms with van der Waals surface area (Å²) < 4.78 is 6.11. The molecule has 1 heterocycles. The van der Waals surface area contributed by atoms with E-state index in [1.807, 2.05) is 31.2 Å². The summed E-state index contributed by atoms with van der Waals surface area (Å²) in [6, 6.07) is 10.9. The molecule has 1 aromatic carbocycles. The molecule has 1 unspecified atom stereocenters. The molecule has 100 valence electrons. The van der Waals surface area contributed by atoms with Gasteiger partial charge in [0, 0.05) is 4.88 Å². The molecule has 2 aromatic rings. The van der Waals surface area contributed by atoms with Crippen LogP contribution in [0.4, 0.5) is 0 Å². The Morgan fingerprint density at radius 3 is 2.53 bits per heavy atom. The van der Waals surface area contributed by atoms with Crippen molar-refractivity contribution in [3.05, 3.63) is 51.2 Å². The van der Waals surface area contributed by atoms with Crippen molar-refractivity contribution in [1.82, 2.24) is 0 Å². The van der Waals surface area contributed by atoms with Crippen LogP contribution in [0.25, 0.3) is 0 Å². The van der Waals surface area contributed by atoms with Crippen LogP contribution in [0, 0.1) is 6.92 Å². The Balaban J connectivity index is 2.06. The Kier molecular flexibility index (Phi) is 4.45. The number of ether oxygens (including phenoxy) is 1. The zero-order valence-corrected chi connectivity index (χ0v) is 11.9. The van der Waals surface area contributed by atoms with Crippen molar-refractivity contribution in [2.75, 3.05) is 6.61 Å². The van der Waals surface area contributed by atoms with Gasteiger partial charge < -0.3 is 9.84 Å². The van der Waals surface area contributed by atoms with E-state index in [1.165, 1.54) is 11.3 Å². The van der Waals surface area contributed by atoms with Gasteiger partial charge in [0.05, 0.1) is 4.34 Å². The third kappa shape index (κ3) is 3.72. The maximum atomic E-state index is 11.3. The van der Waals surface area contributed by atoms with Crippen LogP contribution in [-0.4, -0.2) is 17.7 Å². The van der Waals surface area contributed by atoms with Gasteiger partial charge in [-0.1, -0.05) is 29.3 Å². The Bertz CT molecular complexity index is 562. The number of hydrogen-bond donors (Lipinski definition) is 1. The van der Waals surface area contributed by atoms with E-state index in [2.05, 4.69) is 0 Å². The van der Waals surface area contributed by atoms with Crippen molar-refractivity contribution in [2.45, 2.75) is 12.8 Å². The number of aryl methyl sites for hydroxylation is 1. The van der Waals surface area contributed by atoms with Crippen molar-refractivity contribution in [1.29, 1.82) is 0 Å². The average Bonchev–Trinajstić information content (AvgIpc) is 2.78. The number of benzene rings is 1. The minimum Gasteiger partial charge on any atom is -0.492 e. The predicted molar refractivity (Wildman–Crippen MR) is 76.4 cm³/mol. The molecule has 0 spiro atoms. The van der Waals surface area contributed by atoms with E-state index >= 15 is 0 Å². The van der Waals surface area contributed by atoms with Crippen LogP contribution < -0.4 is 4.74 Å². The number of carbonyl (C=O) groups is 1. The van der Waals surface area contributed by atoms with Gasteiger partial charge in [-0.05, 0) is 31.2 Å². The van der Waals surface area contributed by atoms with Gasteiger partial charge in [0.2, 0.25) is 0 Å². The van der Waals surface area contributed by atoms with Gasteiger partial charge in [-0.3, -0.25) is 4.79 Å². The lowest BCUT2D eigenvalue weighted by atomic mass is 10.1. The van der Waals surface area contributed by atoms with Gasteiger partial charge in [-0.25, -0.2) is 0 Å². The van der Waals surface area contributed by atoms with Crippen LogP contribution in [0.2, 0.25) is 4.34 Å². The van der Waals surface area contributed by atoms with E-state index in [0.717, 1.165) is 5.56 Å². The number of thiophene rings is 1. The van der Waals surface area contributed by atoms with Gasteiger partial charge in [0.1, 0.15) is 18.3 Å². The first kappa shape index (κ1) is 13.9. The molecule has 0 saturated carbocycles. The Morgan fingerprint density at radius 1 is 1.32 bits per heavy atom. The fourth-order valence-corrected chi connectivity index (χ4v) is 2.74. The molecule has 1 aromatic heterocycles. The topological polar surface area (TPSA) is 46.5 Å². The van der Waals surface area contributed by atoms with E-state index in [-0.39, 0.29) is 6.61 Å². The number of rotatable bonds is 5. The number of halogens is 1. The third-order valence-corrected chi connectivity index (χ3v) is 4.02. The molecule has 0 amide bonds. The van der Waals surface area contributed by atoms with E-state index in [4.69, 9.17) is 16.3 Å². The molecule has 0 fully saturated rings. The summed E-state index contributed by atoms with van der Waals surface area (Å²) in [5.41, 5.74) is 1.13. The van der Waals surface area contributed by atoms with Crippen molar-refractivity contribution in [3.8, 4) is 5.75 Å². The molecule has 1 N–H and O–H groups in total. The maximum absolute atomic E-state index is 11.3. The second kappa shape index (κ2) is 6.08. The van der Waals surface area contributed by atoms with E-state index in [9.17, 15) is 9.90 Å². The zero-order chi connectivity index (χ0) is 13.8. The van der Waals surface area contributed by atoms with Crippen molar-refractivity contribution in [2.24, 2.45) is 0 Å². The lowest BCUT2D eigenvalue weighted by Crippen LogP contribution is -2.18. The second-order valence-electron chi connectivity index (χ2n) is 4.16. The summed E-state index contributed by atoms with van der Waals surface area (Å²) in [4.78, 5) is 12.0. The van der Waals surface area contributed by atoms with Gasteiger partial charge in [0.15, 0.2) is 0 Å². The second-order valence-corrected chi connectivity index (χ2v) is 5.90. The third-order valence-electron chi connectivity index (χ3n) is 2.67. The normalized spacial score (nSPS) is 12.1. The van der Waals surface area contributed by atoms with Gasteiger partial charge >= 0.3 is 5.97 Å². The molecule has 0 aliphatic heterocycles. The lowest BCUT2D eigenvalue weighted by Gasteiger charge is -2.12. The molecule has 0 radical (unpaired) electrons. The molecular formula is C14H13ClO3S. The van der Waals surface area contributed by atoms with Crippen LogP contribution >= 0.6 is 22.9 Å². The van der Waals surface area contributed by atoms with Crippen LogP contribution in [0.5, 0.6) is 5.75 Å². The molecule has 0 saturated heterocycles. The molecule has 0 bridgehead atoms. The minimum absolute atomic E-state index is 0.0925. The van der Waals surface area contributed by atoms with Crippen LogP contribution in [0.3, 0.4) is 0 Å². The highest BCUT2D eigenvalue weighted by Gasteiger charge is 2.22. The molecular weight excluding hydrogens is 284 g/mol. The minimum atomic E-state index is -0.911. The number of carboxylic acid groups (broad SMARTS) is 1. The summed E-state index contributed by atoms with van der Waals surface area (Å²) in [6.45, 7) is 2.08. The zero-order valence-electron chi connectivity index (χ0n) is 10.3. The molecule has 0 aliphatic carbocycles. The van der Waals surface area contributed by atoms with Crippen molar-refractivity contribution >= 4 is 28.9 Å². The summed E-state index contributed by atoms with van der Waals surface area (Å²) in [5, 5.41) is 9.24. The highest BCUT2D eigenvalue weighted by Crippen LogP contribution is 2.29. The Hall–Kier alpha value is -1.52. The fourth-order valence-electron chi connectivity index (χ4n) is 1.60. The lowest BCUT2D eigenvalue weighted by molar-refractivity contribution is -0.139. The first-order valence-corrected chi connectivity index (χ1v) is 6.93. The monoisotopic (exact) mass is 296 g/mol. The Morgan fingerprint density at radius 2 is 2.00 bits per heavy atom. The summed E-state index contributed by atoms with van der Waals surface area (Å²) in [5.74, 6) is -0.941.